The minimum Gasteiger partial charge on any atom is -0.480 e. The van der Waals surface area contributed by atoms with Crippen molar-refractivity contribution in [1.29, 1.82) is 0 Å². The van der Waals surface area contributed by atoms with Gasteiger partial charge >= 0.3 is 6.09 Å². The average Bonchev–Trinajstić information content (AvgIpc) is 3.19. The lowest BCUT2D eigenvalue weighted by molar-refractivity contribution is 0.195. The van der Waals surface area contributed by atoms with Crippen LogP contribution >= 0.6 is 0 Å². The van der Waals surface area contributed by atoms with Crippen LogP contribution in [0.25, 0.3) is 16.8 Å². The summed E-state index contributed by atoms with van der Waals surface area (Å²) < 4.78 is 62.0. The maximum atomic E-state index is 14.2. The molecule has 0 atom stereocenters. The maximum Gasteiger partial charge on any atom is 0.413 e. The normalized spacial score (nSPS) is 11.9. The van der Waals surface area contributed by atoms with Gasteiger partial charge in [-0.3, -0.25) is 9.62 Å². The number of fused-ring (bicyclic) bond motifs is 1. The first-order valence-corrected chi connectivity index (χ1v) is 12.3. The lowest BCUT2D eigenvalue weighted by Crippen LogP contribution is -2.45. The van der Waals surface area contributed by atoms with Crippen molar-refractivity contribution >= 4 is 33.3 Å². The number of carbonyl (C=O) groups is 1. The van der Waals surface area contributed by atoms with Crippen LogP contribution in [-0.4, -0.2) is 46.6 Å². The molecule has 3 aromatic heterocycles. The molecule has 0 aliphatic rings. The van der Waals surface area contributed by atoms with Crippen molar-refractivity contribution in [3.63, 3.8) is 0 Å². The van der Waals surface area contributed by atoms with Gasteiger partial charge < -0.3 is 14.2 Å². The van der Waals surface area contributed by atoms with Crippen molar-refractivity contribution < 1.29 is 31.8 Å². The third kappa shape index (κ3) is 5.16. The van der Waals surface area contributed by atoms with E-state index in [1.165, 1.54) is 19.4 Å². The van der Waals surface area contributed by atoms with Gasteiger partial charge in [0.05, 0.1) is 13.3 Å². The number of hydrogen-bond donors (Lipinski definition) is 2. The van der Waals surface area contributed by atoms with E-state index in [9.17, 15) is 27.1 Å². The average molecular weight is 532 g/mol. The molecule has 4 rings (SSSR count). The topological polar surface area (TPSA) is 126 Å². The third-order valence-electron chi connectivity index (χ3n) is 5.34. The van der Waals surface area contributed by atoms with Crippen LogP contribution in [0.15, 0.2) is 59.9 Å². The molecular weight excluding hydrogens is 508 g/mol. The fourth-order valence-corrected chi connectivity index (χ4v) is 4.83. The van der Waals surface area contributed by atoms with E-state index in [-0.39, 0.29) is 17.4 Å². The molecule has 1 amide bonds. The first-order valence-electron chi connectivity index (χ1n) is 10.8. The summed E-state index contributed by atoms with van der Waals surface area (Å²) in [5.74, 6) is -1.99. The Morgan fingerprint density at radius 2 is 1.84 bits per heavy atom. The second kappa shape index (κ2) is 9.32. The number of imidazole rings is 1. The maximum absolute atomic E-state index is 14.2. The summed E-state index contributed by atoms with van der Waals surface area (Å²) in [6.45, 7) is 5.25. The molecule has 0 aliphatic heterocycles. The molecule has 0 radical (unpaired) electrons. The number of carboxylic acid groups (broad SMARTS) is 1. The van der Waals surface area contributed by atoms with Crippen molar-refractivity contribution in [1.82, 2.24) is 14.4 Å². The zero-order chi connectivity index (χ0) is 27.1. The van der Waals surface area contributed by atoms with Gasteiger partial charge in [-0.2, -0.15) is 0 Å². The summed E-state index contributed by atoms with van der Waals surface area (Å²) in [4.78, 5) is 20.8. The number of nitrogens with zero attached hydrogens (tertiary/aromatic N) is 4. The van der Waals surface area contributed by atoms with Crippen LogP contribution in [0.5, 0.6) is 5.88 Å². The number of amides is 1. The van der Waals surface area contributed by atoms with Crippen LogP contribution in [0, 0.1) is 11.6 Å². The highest BCUT2D eigenvalue weighted by Crippen LogP contribution is 2.31. The van der Waals surface area contributed by atoms with Crippen LogP contribution < -0.4 is 14.4 Å². The van der Waals surface area contributed by atoms with Gasteiger partial charge in [0.25, 0.3) is 10.0 Å². The third-order valence-corrected chi connectivity index (χ3v) is 6.73. The van der Waals surface area contributed by atoms with Gasteiger partial charge in [-0.05, 0) is 51.1 Å². The summed E-state index contributed by atoms with van der Waals surface area (Å²) in [6.07, 6.45) is 3.55. The zero-order valence-corrected chi connectivity index (χ0v) is 21.0. The highest BCUT2D eigenvalue weighted by molar-refractivity contribution is 7.92. The Labute approximate surface area is 211 Å². The van der Waals surface area contributed by atoms with Crippen molar-refractivity contribution in [2.75, 3.05) is 16.7 Å². The molecule has 3 heterocycles. The van der Waals surface area contributed by atoms with Gasteiger partial charge in [-0.1, -0.05) is 0 Å². The standard InChI is InChI=1S/C24H23F2N5O5S/c1-24(2,3)31(23(32)33)21-13-30-12-14(5-8-20(30)28-21)15-9-18(22(36-4)27-11-15)29-37(34,35)19-7-6-16(25)10-17(19)26/h5-13,29H,1-4H3,(H,32,33). The fraction of sp³-hybridized carbons (Fsp3) is 0.208. The molecule has 0 saturated carbocycles. The molecule has 0 unspecified atom stereocenters. The summed E-state index contributed by atoms with van der Waals surface area (Å²) in [7, 11) is -3.15. The molecule has 10 nitrogen and oxygen atoms in total. The number of ether oxygens (including phenoxy) is 1. The summed E-state index contributed by atoms with van der Waals surface area (Å²) in [5, 5.41) is 9.66. The smallest absolute Gasteiger partial charge is 0.413 e. The molecule has 2 N–H and O–H groups in total. The SMILES string of the molecule is COc1ncc(-c2ccc3nc(N(C(=O)O)C(C)(C)C)cn3c2)cc1NS(=O)(=O)c1ccc(F)cc1F. The van der Waals surface area contributed by atoms with Crippen molar-refractivity contribution in [2.45, 2.75) is 31.2 Å². The van der Waals surface area contributed by atoms with Gasteiger partial charge in [-0.15, -0.1) is 0 Å². The van der Waals surface area contributed by atoms with Crippen molar-refractivity contribution in [2.24, 2.45) is 0 Å². The molecule has 4 aromatic rings. The fourth-order valence-electron chi connectivity index (χ4n) is 3.72. The minimum absolute atomic E-state index is 0.0666. The molecule has 13 heteroatoms. The monoisotopic (exact) mass is 531 g/mol. The Kier molecular flexibility index (Phi) is 6.50. The van der Waals surface area contributed by atoms with Gasteiger partial charge in [0.2, 0.25) is 5.88 Å². The van der Waals surface area contributed by atoms with Gasteiger partial charge in [-0.25, -0.2) is 32.0 Å². The zero-order valence-electron chi connectivity index (χ0n) is 20.2. The second-order valence-corrected chi connectivity index (χ2v) is 10.7. The van der Waals surface area contributed by atoms with Crippen LogP contribution in [0.1, 0.15) is 20.8 Å². The lowest BCUT2D eigenvalue weighted by atomic mass is 10.1. The van der Waals surface area contributed by atoms with Crippen LogP contribution in [0.3, 0.4) is 0 Å². The van der Waals surface area contributed by atoms with Crippen molar-refractivity contribution in [3.05, 3.63) is 66.6 Å². The number of nitrogens with one attached hydrogen (secondary N) is 1. The Morgan fingerprint density at radius 3 is 2.46 bits per heavy atom. The van der Waals surface area contributed by atoms with Crippen LogP contribution in [0.4, 0.5) is 25.1 Å². The number of pyridine rings is 2. The van der Waals surface area contributed by atoms with Gasteiger partial charge in [0, 0.05) is 35.1 Å². The van der Waals surface area contributed by atoms with E-state index in [4.69, 9.17) is 4.74 Å². The largest absolute Gasteiger partial charge is 0.480 e. The summed E-state index contributed by atoms with van der Waals surface area (Å²) in [5.41, 5.74) is 0.755. The first kappa shape index (κ1) is 25.8. The molecule has 0 fully saturated rings. The molecule has 194 valence electrons. The lowest BCUT2D eigenvalue weighted by Gasteiger charge is -2.30. The predicted octanol–water partition coefficient (Wildman–Crippen LogP) is 4.77. The van der Waals surface area contributed by atoms with Gasteiger partial charge in [0.1, 0.15) is 27.9 Å². The molecule has 0 aliphatic carbocycles. The van der Waals surface area contributed by atoms with E-state index in [2.05, 4.69) is 14.7 Å². The molecule has 0 bridgehead atoms. The molecule has 0 saturated heterocycles. The molecule has 0 spiro atoms. The highest BCUT2D eigenvalue weighted by Gasteiger charge is 2.30. The second-order valence-electron chi connectivity index (χ2n) is 9.03. The number of rotatable bonds is 6. The Morgan fingerprint density at radius 1 is 1.11 bits per heavy atom. The van der Waals surface area contributed by atoms with E-state index in [0.717, 1.165) is 17.0 Å². The molecule has 1 aromatic carbocycles. The van der Waals surface area contributed by atoms with E-state index < -0.39 is 38.2 Å². The number of benzene rings is 1. The Hall–Kier alpha value is -4.26. The molecular formula is C24H23F2N5O5S. The Balaban J connectivity index is 1.73. The van der Waals surface area contributed by atoms with E-state index in [1.54, 1.807) is 49.7 Å². The number of methoxy groups -OCH3 is 1. The number of hydrogen-bond acceptors (Lipinski definition) is 6. The van der Waals surface area contributed by atoms with E-state index in [1.807, 2.05) is 0 Å². The number of sulfonamides is 1. The summed E-state index contributed by atoms with van der Waals surface area (Å²) >= 11 is 0. The predicted molar refractivity (Wildman–Crippen MR) is 132 cm³/mol. The van der Waals surface area contributed by atoms with Crippen LogP contribution in [0.2, 0.25) is 0 Å². The first-order chi connectivity index (χ1) is 17.3. The highest BCUT2D eigenvalue weighted by atomic mass is 32.2. The molecule has 37 heavy (non-hydrogen) atoms. The minimum atomic E-state index is -4.44. The quantitative estimate of drug-likeness (QED) is 0.367. The summed E-state index contributed by atoms with van der Waals surface area (Å²) in [6, 6.07) is 6.95. The number of anilines is 2. The van der Waals surface area contributed by atoms with Gasteiger partial charge in [0.15, 0.2) is 5.82 Å². The van der Waals surface area contributed by atoms with E-state index in [0.29, 0.717) is 22.8 Å². The van der Waals surface area contributed by atoms with Crippen LogP contribution in [-0.2, 0) is 10.0 Å². The number of halogens is 2. The van der Waals surface area contributed by atoms with E-state index >= 15 is 0 Å². The van der Waals surface area contributed by atoms with Crippen molar-refractivity contribution in [3.8, 4) is 17.0 Å². The number of aromatic nitrogens is 3. The Bertz CT molecular complexity index is 1620.